The molecule has 0 fully saturated rings. The van der Waals surface area contributed by atoms with Crippen LogP contribution in [0.25, 0.3) is 0 Å². The molecule has 0 saturated heterocycles. The van der Waals surface area contributed by atoms with Gasteiger partial charge < -0.3 is 18.9 Å². The average Bonchev–Trinajstić information content (AvgIpc) is 3.10. The van der Waals surface area contributed by atoms with Crippen LogP contribution in [0.2, 0.25) is 0 Å². The third-order valence-electron chi connectivity index (χ3n) is 7.86. The molecule has 0 aromatic heterocycles. The minimum Gasteiger partial charge on any atom is -0.462 e. The highest BCUT2D eigenvalue weighted by Gasteiger charge is 2.13. The van der Waals surface area contributed by atoms with E-state index in [-0.39, 0.29) is 18.5 Å². The summed E-state index contributed by atoms with van der Waals surface area (Å²) in [5.74, 6) is -1.12. The summed E-state index contributed by atoms with van der Waals surface area (Å²) >= 11 is 2.14. The standard InChI is InChI=1S/C41H47IO8/c1-29(2)38(43)47-25-11-7-5-9-13-31-15-19-33(20-16-31)40(45)49-28-35-23-24-36(27-37(35)42)50-41(46)34-21-17-32(18-22-34)14-10-6-8-12-26-48-39(44)30(3)4/h15-24,27H,1,3,5-14,25-26,28H2,2,4H3. The molecule has 0 N–H and O–H groups in total. The molecule has 50 heavy (non-hydrogen) atoms. The van der Waals surface area contributed by atoms with E-state index in [1.165, 1.54) is 0 Å². The topological polar surface area (TPSA) is 105 Å². The van der Waals surface area contributed by atoms with Crippen LogP contribution in [0.3, 0.4) is 0 Å². The molecule has 0 aliphatic rings. The molecule has 3 aromatic rings. The highest BCUT2D eigenvalue weighted by atomic mass is 127. The van der Waals surface area contributed by atoms with E-state index in [2.05, 4.69) is 35.7 Å². The summed E-state index contributed by atoms with van der Waals surface area (Å²) in [6.07, 6.45) is 9.48. The first-order valence-electron chi connectivity index (χ1n) is 17.0. The van der Waals surface area contributed by atoms with Crippen molar-refractivity contribution in [2.75, 3.05) is 13.2 Å². The Hall–Kier alpha value is -4.25. The normalized spacial score (nSPS) is 10.6. The van der Waals surface area contributed by atoms with Crippen molar-refractivity contribution >= 4 is 46.5 Å². The van der Waals surface area contributed by atoms with Gasteiger partial charge >= 0.3 is 23.9 Å². The lowest BCUT2D eigenvalue weighted by atomic mass is 10.0. The third kappa shape index (κ3) is 14.7. The number of ether oxygens (including phenoxy) is 4. The van der Waals surface area contributed by atoms with Gasteiger partial charge in [-0.15, -0.1) is 0 Å². The van der Waals surface area contributed by atoms with Gasteiger partial charge in [0.05, 0.1) is 24.3 Å². The van der Waals surface area contributed by atoms with E-state index >= 15 is 0 Å². The van der Waals surface area contributed by atoms with Gasteiger partial charge in [-0.05, 0) is 122 Å². The molecule has 3 rings (SSSR count). The monoisotopic (exact) mass is 794 g/mol. The Morgan fingerprint density at radius 3 is 1.50 bits per heavy atom. The van der Waals surface area contributed by atoms with Crippen molar-refractivity contribution in [3.05, 3.63) is 122 Å². The summed E-state index contributed by atoms with van der Waals surface area (Å²) in [6, 6.07) is 20.1. The molecular formula is C41H47IO8. The number of carbonyl (C=O) groups is 4. The quantitative estimate of drug-likeness (QED) is 0.0263. The fourth-order valence-electron chi connectivity index (χ4n) is 4.86. The predicted octanol–water partition coefficient (Wildman–Crippen LogP) is 9.31. The van der Waals surface area contributed by atoms with Gasteiger partial charge in [0.25, 0.3) is 0 Å². The first-order chi connectivity index (χ1) is 24.0. The van der Waals surface area contributed by atoms with Crippen molar-refractivity contribution in [2.45, 2.75) is 84.7 Å². The molecule has 0 unspecified atom stereocenters. The van der Waals surface area contributed by atoms with Gasteiger partial charge in [0.2, 0.25) is 0 Å². The summed E-state index contributed by atoms with van der Waals surface area (Å²) in [6.45, 7) is 11.3. The van der Waals surface area contributed by atoms with Crippen LogP contribution in [-0.2, 0) is 43.2 Å². The van der Waals surface area contributed by atoms with E-state index < -0.39 is 11.9 Å². The SMILES string of the molecule is C=C(C)C(=O)OCCCCCCc1ccc(C(=O)OCc2ccc(OC(=O)c3ccc(CCCCCCOC(=O)C(=C)C)cc3)cc2I)cc1. The van der Waals surface area contributed by atoms with E-state index in [0.29, 0.717) is 41.2 Å². The minimum atomic E-state index is -0.444. The van der Waals surface area contributed by atoms with Crippen LogP contribution in [0.5, 0.6) is 5.75 Å². The predicted molar refractivity (Wildman–Crippen MR) is 202 cm³/mol. The van der Waals surface area contributed by atoms with Crippen LogP contribution in [0.1, 0.15) is 103 Å². The molecule has 266 valence electrons. The molecule has 0 heterocycles. The molecular weight excluding hydrogens is 747 g/mol. The van der Waals surface area contributed by atoms with Gasteiger partial charge in [0.1, 0.15) is 12.4 Å². The Labute approximate surface area is 309 Å². The number of hydrogen-bond acceptors (Lipinski definition) is 8. The molecule has 9 heteroatoms. The van der Waals surface area contributed by atoms with Crippen molar-refractivity contribution in [3.63, 3.8) is 0 Å². The fourth-order valence-corrected chi connectivity index (χ4v) is 5.50. The number of benzene rings is 3. The second kappa shape index (κ2) is 21.8. The zero-order valence-corrected chi connectivity index (χ0v) is 31.3. The van der Waals surface area contributed by atoms with Gasteiger partial charge in [0.15, 0.2) is 0 Å². The van der Waals surface area contributed by atoms with Crippen molar-refractivity contribution < 1.29 is 38.1 Å². The summed E-state index contributed by atoms with van der Waals surface area (Å²) < 4.78 is 22.2. The summed E-state index contributed by atoms with van der Waals surface area (Å²) in [4.78, 5) is 48.2. The summed E-state index contributed by atoms with van der Waals surface area (Å²) in [5, 5.41) is 0. The summed E-state index contributed by atoms with van der Waals surface area (Å²) in [5.41, 5.74) is 4.88. The van der Waals surface area contributed by atoms with Gasteiger partial charge in [0, 0.05) is 20.3 Å². The lowest BCUT2D eigenvalue weighted by Crippen LogP contribution is -2.09. The van der Waals surface area contributed by atoms with Gasteiger partial charge in [-0.25, -0.2) is 19.2 Å². The Morgan fingerprint density at radius 2 is 1.04 bits per heavy atom. The molecule has 0 aliphatic carbocycles. The lowest BCUT2D eigenvalue weighted by Gasteiger charge is -2.10. The molecule has 0 saturated carbocycles. The zero-order valence-electron chi connectivity index (χ0n) is 29.1. The maximum absolute atomic E-state index is 12.8. The third-order valence-corrected chi connectivity index (χ3v) is 8.86. The van der Waals surface area contributed by atoms with Crippen LogP contribution in [0, 0.1) is 3.57 Å². The van der Waals surface area contributed by atoms with E-state index in [1.807, 2.05) is 24.3 Å². The molecule has 3 aromatic carbocycles. The van der Waals surface area contributed by atoms with Crippen molar-refractivity contribution in [1.29, 1.82) is 0 Å². The maximum atomic E-state index is 12.8. The highest BCUT2D eigenvalue weighted by molar-refractivity contribution is 14.1. The number of unbranched alkanes of at least 4 members (excludes halogenated alkanes) is 6. The zero-order chi connectivity index (χ0) is 36.3. The number of aryl methyl sites for hydroxylation is 2. The Morgan fingerprint density at radius 1 is 0.580 bits per heavy atom. The van der Waals surface area contributed by atoms with Crippen LogP contribution >= 0.6 is 22.6 Å². The molecule has 0 bridgehead atoms. The minimum absolute atomic E-state index is 0.0959. The molecule has 0 spiro atoms. The highest BCUT2D eigenvalue weighted by Crippen LogP contribution is 2.22. The number of carbonyl (C=O) groups excluding carboxylic acids is 4. The maximum Gasteiger partial charge on any atom is 0.343 e. The van der Waals surface area contributed by atoms with Crippen LogP contribution in [0.15, 0.2) is 91.0 Å². The van der Waals surface area contributed by atoms with Crippen LogP contribution in [0.4, 0.5) is 0 Å². The smallest absolute Gasteiger partial charge is 0.343 e. The Balaban J connectivity index is 1.34. The largest absolute Gasteiger partial charge is 0.462 e. The molecule has 0 radical (unpaired) electrons. The average molecular weight is 795 g/mol. The number of halogens is 1. The van der Waals surface area contributed by atoms with Gasteiger partial charge in [-0.3, -0.25) is 0 Å². The number of esters is 4. The Kier molecular flexibility index (Phi) is 17.5. The van der Waals surface area contributed by atoms with Gasteiger partial charge in [-0.2, -0.15) is 0 Å². The van der Waals surface area contributed by atoms with Crippen LogP contribution < -0.4 is 4.74 Å². The molecule has 0 atom stereocenters. The fraction of sp³-hybridized carbons (Fsp3) is 0.366. The lowest BCUT2D eigenvalue weighted by molar-refractivity contribution is -0.139. The molecule has 0 amide bonds. The first-order valence-corrected chi connectivity index (χ1v) is 18.1. The van der Waals surface area contributed by atoms with Crippen molar-refractivity contribution in [2.24, 2.45) is 0 Å². The number of hydrogen-bond donors (Lipinski definition) is 0. The van der Waals surface area contributed by atoms with E-state index in [4.69, 9.17) is 18.9 Å². The van der Waals surface area contributed by atoms with E-state index in [0.717, 1.165) is 84.5 Å². The van der Waals surface area contributed by atoms with Gasteiger partial charge in [-0.1, -0.05) is 69.2 Å². The van der Waals surface area contributed by atoms with E-state index in [9.17, 15) is 19.2 Å². The van der Waals surface area contributed by atoms with Crippen molar-refractivity contribution in [1.82, 2.24) is 0 Å². The second-order valence-electron chi connectivity index (χ2n) is 12.3. The summed E-state index contributed by atoms with van der Waals surface area (Å²) in [7, 11) is 0. The van der Waals surface area contributed by atoms with E-state index in [1.54, 1.807) is 56.3 Å². The number of rotatable bonds is 21. The second-order valence-corrected chi connectivity index (χ2v) is 13.4. The van der Waals surface area contributed by atoms with Crippen molar-refractivity contribution in [3.8, 4) is 5.75 Å². The van der Waals surface area contributed by atoms with Crippen LogP contribution in [-0.4, -0.2) is 37.1 Å². The first kappa shape index (κ1) is 40.2. The Bertz CT molecular complexity index is 1610. The molecule has 0 aliphatic heterocycles. The molecule has 8 nitrogen and oxygen atoms in total.